The SMILES string of the molecule is C=CCON1C(=O)N2CC(n3cc(C(=O)NOC)cn3)=CC1C2. The molecule has 2 aliphatic rings. The summed E-state index contributed by atoms with van der Waals surface area (Å²) in [4.78, 5) is 35.6. The largest absolute Gasteiger partial charge is 0.345 e. The van der Waals surface area contributed by atoms with E-state index >= 15 is 0 Å². The van der Waals surface area contributed by atoms with Crippen LogP contribution in [-0.2, 0) is 9.68 Å². The van der Waals surface area contributed by atoms with E-state index in [2.05, 4.69) is 22.0 Å². The Morgan fingerprint density at radius 2 is 2.43 bits per heavy atom. The highest BCUT2D eigenvalue weighted by Gasteiger charge is 2.41. The number of carbonyl (C=O) groups excluding carboxylic acids is 2. The Hall–Kier alpha value is -2.65. The number of hydroxylamine groups is 3. The van der Waals surface area contributed by atoms with Gasteiger partial charge in [0.2, 0.25) is 0 Å². The van der Waals surface area contributed by atoms with Gasteiger partial charge in [-0.05, 0) is 6.08 Å². The first-order valence-electron chi connectivity index (χ1n) is 7.05. The molecule has 0 spiro atoms. The minimum absolute atomic E-state index is 0.187. The normalized spacial score (nSPS) is 19.8. The fraction of sp³-hybridized carbons (Fsp3) is 0.357. The smallest absolute Gasteiger partial charge is 0.314 e. The number of nitrogens with one attached hydrogen (secondary N) is 1. The summed E-state index contributed by atoms with van der Waals surface area (Å²) in [5, 5.41) is 5.51. The molecule has 3 rings (SSSR count). The van der Waals surface area contributed by atoms with Gasteiger partial charge in [-0.15, -0.1) is 6.58 Å². The van der Waals surface area contributed by atoms with Crippen LogP contribution in [0.15, 0.2) is 31.1 Å². The predicted octanol–water partition coefficient (Wildman–Crippen LogP) is 0.253. The third-order valence-corrected chi connectivity index (χ3v) is 3.57. The van der Waals surface area contributed by atoms with Gasteiger partial charge in [0.15, 0.2) is 0 Å². The van der Waals surface area contributed by atoms with Gasteiger partial charge in [0.05, 0.1) is 43.8 Å². The van der Waals surface area contributed by atoms with Crippen LogP contribution in [0.25, 0.3) is 5.70 Å². The number of carbonyl (C=O) groups is 2. The Kier molecular flexibility index (Phi) is 4.13. The van der Waals surface area contributed by atoms with E-state index < -0.39 is 0 Å². The van der Waals surface area contributed by atoms with E-state index in [4.69, 9.17) is 4.84 Å². The monoisotopic (exact) mass is 319 g/mol. The van der Waals surface area contributed by atoms with Gasteiger partial charge in [-0.25, -0.2) is 15.0 Å². The lowest BCUT2D eigenvalue weighted by Gasteiger charge is -2.21. The molecule has 1 aromatic rings. The van der Waals surface area contributed by atoms with E-state index in [1.807, 2.05) is 6.08 Å². The fourth-order valence-corrected chi connectivity index (χ4v) is 2.56. The maximum atomic E-state index is 12.2. The molecule has 2 aliphatic heterocycles. The molecule has 9 heteroatoms. The zero-order valence-corrected chi connectivity index (χ0v) is 12.6. The average molecular weight is 319 g/mol. The highest BCUT2D eigenvalue weighted by Crippen LogP contribution is 2.26. The molecule has 3 heterocycles. The van der Waals surface area contributed by atoms with Crippen molar-refractivity contribution in [3.8, 4) is 0 Å². The van der Waals surface area contributed by atoms with Crippen LogP contribution < -0.4 is 5.48 Å². The molecule has 1 unspecified atom stereocenters. The van der Waals surface area contributed by atoms with Gasteiger partial charge in [0.1, 0.15) is 0 Å². The highest BCUT2D eigenvalue weighted by atomic mass is 16.7. The molecule has 3 amide bonds. The van der Waals surface area contributed by atoms with Gasteiger partial charge >= 0.3 is 6.03 Å². The summed E-state index contributed by atoms with van der Waals surface area (Å²) in [7, 11) is 1.36. The maximum Gasteiger partial charge on any atom is 0.345 e. The molecule has 1 atom stereocenters. The van der Waals surface area contributed by atoms with Gasteiger partial charge in [-0.3, -0.25) is 14.5 Å². The van der Waals surface area contributed by atoms with E-state index in [9.17, 15) is 9.59 Å². The van der Waals surface area contributed by atoms with Crippen LogP contribution in [0.2, 0.25) is 0 Å². The van der Waals surface area contributed by atoms with Gasteiger partial charge in [0, 0.05) is 12.7 Å². The Labute approximate surface area is 132 Å². The molecule has 1 aromatic heterocycles. The van der Waals surface area contributed by atoms with Crippen LogP contribution in [0.4, 0.5) is 4.79 Å². The lowest BCUT2D eigenvalue weighted by Crippen LogP contribution is -2.33. The molecule has 1 fully saturated rings. The van der Waals surface area contributed by atoms with Gasteiger partial charge in [-0.1, -0.05) is 6.08 Å². The van der Waals surface area contributed by atoms with Gasteiger partial charge in [0.25, 0.3) is 5.91 Å². The third-order valence-electron chi connectivity index (χ3n) is 3.57. The van der Waals surface area contributed by atoms with Crippen LogP contribution in [0, 0.1) is 0 Å². The number of rotatable bonds is 6. The summed E-state index contributed by atoms with van der Waals surface area (Å²) in [6.07, 6.45) is 6.53. The molecule has 0 radical (unpaired) electrons. The van der Waals surface area contributed by atoms with E-state index in [-0.39, 0.29) is 24.6 Å². The minimum atomic E-state index is -0.384. The van der Waals surface area contributed by atoms with Crippen molar-refractivity contribution in [2.24, 2.45) is 0 Å². The van der Waals surface area contributed by atoms with Crippen molar-refractivity contribution in [1.29, 1.82) is 0 Å². The van der Waals surface area contributed by atoms with Crippen LogP contribution >= 0.6 is 0 Å². The van der Waals surface area contributed by atoms with Crippen molar-refractivity contribution in [2.45, 2.75) is 6.04 Å². The Balaban J connectivity index is 1.78. The molecule has 1 N–H and O–H groups in total. The van der Waals surface area contributed by atoms with E-state index in [1.54, 1.807) is 21.9 Å². The standard InChI is InChI=1S/C14H17N5O4/c1-3-4-23-19-12-5-11(8-17(9-12)14(19)21)18-7-10(6-15-18)13(20)16-22-2/h3,5-7,12H,1,4,8-9H2,2H3,(H,16,20). The topological polar surface area (TPSA) is 88.9 Å². The number of hydrogen-bond acceptors (Lipinski definition) is 5. The molecule has 0 aliphatic carbocycles. The first-order valence-corrected chi connectivity index (χ1v) is 7.05. The maximum absolute atomic E-state index is 12.2. The summed E-state index contributed by atoms with van der Waals surface area (Å²) in [6, 6.07) is -0.376. The Morgan fingerprint density at radius 1 is 1.61 bits per heavy atom. The Bertz CT molecular complexity index is 668. The number of aromatic nitrogens is 2. The molecule has 122 valence electrons. The van der Waals surface area contributed by atoms with E-state index in [0.717, 1.165) is 5.70 Å². The van der Waals surface area contributed by atoms with Crippen molar-refractivity contribution in [2.75, 3.05) is 26.8 Å². The lowest BCUT2D eigenvalue weighted by atomic mass is 10.2. The van der Waals surface area contributed by atoms with Crippen molar-refractivity contribution in [3.05, 3.63) is 36.7 Å². The second-order valence-corrected chi connectivity index (χ2v) is 5.11. The average Bonchev–Trinajstić information content (AvgIpc) is 3.11. The predicted molar refractivity (Wildman–Crippen MR) is 79.7 cm³/mol. The molecular weight excluding hydrogens is 302 g/mol. The summed E-state index contributed by atoms with van der Waals surface area (Å²) >= 11 is 0. The second-order valence-electron chi connectivity index (χ2n) is 5.11. The molecule has 0 saturated carbocycles. The molecule has 9 nitrogen and oxygen atoms in total. The number of amides is 3. The van der Waals surface area contributed by atoms with Gasteiger partial charge < -0.3 is 4.90 Å². The van der Waals surface area contributed by atoms with Crippen molar-refractivity contribution < 1.29 is 19.3 Å². The lowest BCUT2D eigenvalue weighted by molar-refractivity contribution is -0.107. The van der Waals surface area contributed by atoms with Crippen LogP contribution in [0.3, 0.4) is 0 Å². The van der Waals surface area contributed by atoms with Crippen molar-refractivity contribution in [1.82, 2.24) is 25.2 Å². The second kappa shape index (κ2) is 6.23. The quantitative estimate of drug-likeness (QED) is 0.600. The number of urea groups is 1. The molecule has 23 heavy (non-hydrogen) atoms. The molecular formula is C14H17N5O4. The number of nitrogens with zero attached hydrogens (tertiary/aromatic N) is 4. The first kappa shape index (κ1) is 15.3. The van der Waals surface area contributed by atoms with Crippen molar-refractivity contribution in [3.63, 3.8) is 0 Å². The summed E-state index contributed by atoms with van der Waals surface area (Å²) < 4.78 is 1.58. The van der Waals surface area contributed by atoms with Gasteiger partial charge in [-0.2, -0.15) is 10.2 Å². The zero-order valence-electron chi connectivity index (χ0n) is 12.6. The molecule has 2 bridgehead atoms. The minimum Gasteiger partial charge on any atom is -0.314 e. The third kappa shape index (κ3) is 2.83. The van der Waals surface area contributed by atoms with E-state index in [1.165, 1.54) is 18.4 Å². The Morgan fingerprint density at radius 3 is 3.17 bits per heavy atom. The van der Waals surface area contributed by atoms with Crippen LogP contribution in [0.5, 0.6) is 0 Å². The number of hydrogen-bond donors (Lipinski definition) is 1. The van der Waals surface area contributed by atoms with Crippen molar-refractivity contribution >= 4 is 17.6 Å². The summed E-state index contributed by atoms with van der Waals surface area (Å²) in [5.41, 5.74) is 3.40. The van der Waals surface area contributed by atoms with Crippen LogP contribution in [0.1, 0.15) is 10.4 Å². The first-order chi connectivity index (χ1) is 11.1. The van der Waals surface area contributed by atoms with Crippen LogP contribution in [-0.4, -0.2) is 64.5 Å². The zero-order chi connectivity index (χ0) is 16.4. The molecule has 1 saturated heterocycles. The summed E-state index contributed by atoms with van der Waals surface area (Å²) in [6.45, 7) is 4.81. The fourth-order valence-electron chi connectivity index (χ4n) is 2.56. The number of fused-ring (bicyclic) bond motifs is 2. The van der Waals surface area contributed by atoms with E-state index in [0.29, 0.717) is 18.7 Å². The summed E-state index contributed by atoms with van der Waals surface area (Å²) in [5.74, 6) is -0.384. The molecule has 0 aromatic carbocycles. The highest BCUT2D eigenvalue weighted by molar-refractivity contribution is 5.93.